The van der Waals surface area contributed by atoms with Crippen LogP contribution in [0.2, 0.25) is 0 Å². The maximum absolute atomic E-state index is 11.5. The molecule has 1 aromatic carbocycles. The lowest BCUT2D eigenvalue weighted by Crippen LogP contribution is -2.37. The number of hydrogen-bond donors (Lipinski definition) is 1. The molecule has 5 heteroatoms. The molecule has 1 saturated heterocycles. The molecule has 0 saturated carbocycles. The van der Waals surface area contributed by atoms with Gasteiger partial charge in [0, 0.05) is 24.6 Å². The average molecular weight is 325 g/mol. The summed E-state index contributed by atoms with van der Waals surface area (Å²) in [6.45, 7) is 5.23. The van der Waals surface area contributed by atoms with E-state index >= 15 is 0 Å². The normalized spacial score (nSPS) is 22.7. The Morgan fingerprint density at radius 1 is 1.23 bits per heavy atom. The van der Waals surface area contributed by atoms with Gasteiger partial charge in [-0.15, -0.1) is 0 Å². The average Bonchev–Trinajstić information content (AvgIpc) is 2.48. The largest absolute Gasteiger partial charge is 0.382 e. The molecule has 0 aromatic heterocycles. The molecule has 2 atom stereocenters. The van der Waals surface area contributed by atoms with Crippen LogP contribution in [0.3, 0.4) is 0 Å². The Labute approximate surface area is 134 Å². The van der Waals surface area contributed by atoms with Gasteiger partial charge >= 0.3 is 0 Å². The highest BCUT2D eigenvalue weighted by Crippen LogP contribution is 2.27. The van der Waals surface area contributed by atoms with E-state index in [2.05, 4.69) is 19.2 Å². The molecule has 0 bridgehead atoms. The van der Waals surface area contributed by atoms with E-state index in [0.29, 0.717) is 23.0 Å². The summed E-state index contributed by atoms with van der Waals surface area (Å²) in [6.07, 6.45) is 5.86. The van der Waals surface area contributed by atoms with Gasteiger partial charge in [0.25, 0.3) is 0 Å². The fraction of sp³-hybridized carbons (Fsp3) is 0.647. The van der Waals surface area contributed by atoms with Crippen LogP contribution in [0.25, 0.3) is 0 Å². The highest BCUT2D eigenvalue weighted by atomic mass is 32.2. The van der Waals surface area contributed by atoms with Gasteiger partial charge in [0.2, 0.25) is 0 Å². The molecule has 124 valence electrons. The van der Waals surface area contributed by atoms with E-state index < -0.39 is 9.84 Å². The van der Waals surface area contributed by atoms with E-state index in [0.717, 1.165) is 38.0 Å². The molecule has 1 heterocycles. The van der Waals surface area contributed by atoms with Crippen LogP contribution < -0.4 is 5.32 Å². The minimum atomic E-state index is -3.13. The van der Waals surface area contributed by atoms with Gasteiger partial charge in [-0.3, -0.25) is 0 Å². The molecule has 1 aromatic rings. The Hall–Kier alpha value is -1.07. The van der Waals surface area contributed by atoms with Gasteiger partial charge in [-0.05, 0) is 43.0 Å². The highest BCUT2D eigenvalue weighted by Gasteiger charge is 2.27. The maximum atomic E-state index is 11.5. The molecule has 22 heavy (non-hydrogen) atoms. The molecule has 1 N–H and O–H groups in total. The summed E-state index contributed by atoms with van der Waals surface area (Å²) >= 11 is 0. The molecule has 1 fully saturated rings. The van der Waals surface area contributed by atoms with E-state index in [1.165, 1.54) is 6.26 Å². The van der Waals surface area contributed by atoms with Crippen LogP contribution in [0, 0.1) is 5.92 Å². The van der Waals surface area contributed by atoms with Crippen molar-refractivity contribution in [2.24, 2.45) is 5.92 Å². The molecular formula is C17H27NO3S. The van der Waals surface area contributed by atoms with Crippen molar-refractivity contribution in [3.8, 4) is 0 Å². The zero-order valence-corrected chi connectivity index (χ0v) is 14.5. The summed E-state index contributed by atoms with van der Waals surface area (Å²) in [5, 5.41) is 3.52. The lowest BCUT2D eigenvalue weighted by Gasteiger charge is -2.35. The van der Waals surface area contributed by atoms with Crippen LogP contribution in [-0.2, 0) is 14.6 Å². The minimum absolute atomic E-state index is 0.330. The number of anilines is 1. The minimum Gasteiger partial charge on any atom is -0.382 e. The monoisotopic (exact) mass is 325 g/mol. The molecule has 1 aliphatic rings. The predicted molar refractivity (Wildman–Crippen MR) is 90.0 cm³/mol. The molecule has 0 spiro atoms. The second-order valence-corrected chi connectivity index (χ2v) is 8.16. The first-order chi connectivity index (χ1) is 10.4. The first-order valence-electron chi connectivity index (χ1n) is 8.12. The Kier molecular flexibility index (Phi) is 5.87. The molecule has 2 unspecified atom stereocenters. The molecule has 1 aliphatic heterocycles. The summed E-state index contributed by atoms with van der Waals surface area (Å²) < 4.78 is 28.9. The van der Waals surface area contributed by atoms with E-state index in [1.807, 2.05) is 12.1 Å². The van der Waals surface area contributed by atoms with Crippen molar-refractivity contribution in [3.63, 3.8) is 0 Å². The number of benzene rings is 1. The number of nitrogens with one attached hydrogen (secondary N) is 1. The molecule has 0 amide bonds. The van der Waals surface area contributed by atoms with Crippen molar-refractivity contribution in [2.45, 2.75) is 56.6 Å². The molecule has 0 radical (unpaired) electrons. The fourth-order valence-corrected chi connectivity index (χ4v) is 3.77. The molecule has 0 aliphatic carbocycles. The first-order valence-corrected chi connectivity index (χ1v) is 10.0. The smallest absolute Gasteiger partial charge is 0.175 e. The zero-order valence-electron chi connectivity index (χ0n) is 13.7. The fourth-order valence-electron chi connectivity index (χ4n) is 3.14. The van der Waals surface area contributed by atoms with E-state index in [-0.39, 0.29) is 0 Å². The molecular weight excluding hydrogens is 298 g/mol. The second kappa shape index (κ2) is 7.47. The van der Waals surface area contributed by atoms with Crippen LogP contribution in [0.1, 0.15) is 39.5 Å². The van der Waals surface area contributed by atoms with Crippen molar-refractivity contribution in [2.75, 3.05) is 18.2 Å². The third-order valence-corrected chi connectivity index (χ3v) is 5.67. The first kappa shape index (κ1) is 17.3. The number of hydrogen-bond acceptors (Lipinski definition) is 4. The molecule has 2 rings (SSSR count). The third kappa shape index (κ3) is 4.46. The van der Waals surface area contributed by atoms with Crippen molar-refractivity contribution in [3.05, 3.63) is 24.3 Å². The van der Waals surface area contributed by atoms with Crippen LogP contribution >= 0.6 is 0 Å². The van der Waals surface area contributed by atoms with Crippen LogP contribution in [0.5, 0.6) is 0 Å². The van der Waals surface area contributed by atoms with E-state index in [9.17, 15) is 8.42 Å². The number of sulfone groups is 1. The summed E-state index contributed by atoms with van der Waals surface area (Å²) in [4.78, 5) is 0.361. The van der Waals surface area contributed by atoms with Crippen molar-refractivity contribution in [1.82, 2.24) is 0 Å². The van der Waals surface area contributed by atoms with Crippen LogP contribution in [0.4, 0.5) is 5.69 Å². The van der Waals surface area contributed by atoms with Gasteiger partial charge in [0.05, 0.1) is 11.0 Å². The second-order valence-electron chi connectivity index (χ2n) is 6.15. The molecule has 4 nitrogen and oxygen atoms in total. The Morgan fingerprint density at radius 3 is 2.41 bits per heavy atom. The van der Waals surface area contributed by atoms with Crippen LogP contribution in [-0.4, -0.2) is 33.4 Å². The zero-order chi connectivity index (χ0) is 16.2. The summed E-state index contributed by atoms with van der Waals surface area (Å²) in [5.41, 5.74) is 0.975. The SMILES string of the molecule is CCC(CC)C1CC(Nc2ccc(S(C)(=O)=O)cc2)CCO1. The van der Waals surface area contributed by atoms with Gasteiger partial charge in [-0.2, -0.15) is 0 Å². The summed E-state index contributed by atoms with van der Waals surface area (Å²) in [5.74, 6) is 0.622. The summed E-state index contributed by atoms with van der Waals surface area (Å²) in [7, 11) is -3.13. The Morgan fingerprint density at radius 2 is 1.86 bits per heavy atom. The topological polar surface area (TPSA) is 55.4 Å². The lowest BCUT2D eigenvalue weighted by molar-refractivity contribution is -0.0271. The Balaban J connectivity index is 1.98. The third-order valence-electron chi connectivity index (χ3n) is 4.54. The summed E-state index contributed by atoms with van der Waals surface area (Å²) in [6, 6.07) is 7.41. The van der Waals surface area contributed by atoms with Crippen molar-refractivity contribution in [1.29, 1.82) is 0 Å². The number of rotatable bonds is 6. The van der Waals surface area contributed by atoms with Gasteiger partial charge in [0.15, 0.2) is 9.84 Å². The van der Waals surface area contributed by atoms with Gasteiger partial charge < -0.3 is 10.1 Å². The quantitative estimate of drug-likeness (QED) is 0.870. The lowest BCUT2D eigenvalue weighted by atomic mass is 9.89. The Bertz CT molecular complexity index is 564. The van der Waals surface area contributed by atoms with E-state index in [4.69, 9.17) is 4.74 Å². The van der Waals surface area contributed by atoms with Crippen molar-refractivity contribution < 1.29 is 13.2 Å². The predicted octanol–water partition coefficient (Wildman–Crippen LogP) is 3.49. The van der Waals surface area contributed by atoms with Crippen molar-refractivity contribution >= 4 is 15.5 Å². The van der Waals surface area contributed by atoms with Gasteiger partial charge in [0.1, 0.15) is 0 Å². The van der Waals surface area contributed by atoms with E-state index in [1.54, 1.807) is 12.1 Å². The van der Waals surface area contributed by atoms with Gasteiger partial charge in [-0.1, -0.05) is 26.7 Å². The number of ether oxygens (including phenoxy) is 1. The standard InChI is InChI=1S/C17H27NO3S/c1-4-13(5-2)17-12-15(10-11-21-17)18-14-6-8-16(9-7-14)22(3,19)20/h6-9,13,15,17-18H,4-5,10-12H2,1-3H3. The maximum Gasteiger partial charge on any atom is 0.175 e. The van der Waals surface area contributed by atoms with Gasteiger partial charge in [-0.25, -0.2) is 8.42 Å². The van der Waals surface area contributed by atoms with Crippen LogP contribution in [0.15, 0.2) is 29.2 Å². The highest BCUT2D eigenvalue weighted by molar-refractivity contribution is 7.90.